The zero-order valence-electron chi connectivity index (χ0n) is 42.5. The molecule has 9 N–H and O–H groups in total. The van der Waals surface area contributed by atoms with Crippen LogP contribution in [-0.4, -0.2) is 140 Å². The van der Waals surface area contributed by atoms with E-state index >= 15 is 0 Å². The molecular formula is C55H97NO13. The molecule has 0 radical (unpaired) electrons. The highest BCUT2D eigenvalue weighted by Crippen LogP contribution is 2.30. The summed E-state index contributed by atoms with van der Waals surface area (Å²) in [6.45, 7) is 2.63. The third-order valence-corrected chi connectivity index (χ3v) is 12.9. The van der Waals surface area contributed by atoms with E-state index < -0.39 is 86.8 Å². The van der Waals surface area contributed by atoms with E-state index in [1.54, 1.807) is 6.08 Å². The Morgan fingerprint density at radius 3 is 1.59 bits per heavy atom. The molecule has 2 heterocycles. The van der Waals surface area contributed by atoms with Gasteiger partial charge in [-0.3, -0.25) is 4.79 Å². The van der Waals surface area contributed by atoms with Crippen molar-refractivity contribution in [1.82, 2.24) is 5.32 Å². The number of rotatable bonds is 41. The normalized spacial score (nSPS) is 26.6. The average molecular weight is 980 g/mol. The molecule has 12 atom stereocenters. The second kappa shape index (κ2) is 41.2. The van der Waals surface area contributed by atoms with Crippen molar-refractivity contribution in [2.45, 2.75) is 261 Å². The number of ether oxygens (including phenoxy) is 4. The number of hydrogen-bond donors (Lipinski definition) is 9. The summed E-state index contributed by atoms with van der Waals surface area (Å²) in [6.07, 6.45) is 34.2. The van der Waals surface area contributed by atoms with E-state index in [4.69, 9.17) is 18.9 Å². The van der Waals surface area contributed by atoms with E-state index in [9.17, 15) is 45.6 Å². The summed E-state index contributed by atoms with van der Waals surface area (Å²) >= 11 is 0. The number of amides is 1. The first-order chi connectivity index (χ1) is 33.6. The smallest absolute Gasteiger partial charge is 0.220 e. The summed E-state index contributed by atoms with van der Waals surface area (Å²) < 4.78 is 22.7. The van der Waals surface area contributed by atoms with Crippen molar-refractivity contribution in [3.63, 3.8) is 0 Å². The number of aliphatic hydroxyl groups excluding tert-OH is 8. The lowest BCUT2D eigenvalue weighted by atomic mass is 9.97. The topological polar surface area (TPSA) is 228 Å². The Balaban J connectivity index is 1.83. The monoisotopic (exact) mass is 980 g/mol. The summed E-state index contributed by atoms with van der Waals surface area (Å²) in [5.41, 5.74) is 0. The highest BCUT2D eigenvalue weighted by atomic mass is 16.7. The first-order valence-electron chi connectivity index (χ1n) is 27.0. The van der Waals surface area contributed by atoms with Gasteiger partial charge in [0.05, 0.1) is 32.0 Å². The Bertz CT molecular complexity index is 1390. The lowest BCUT2D eigenvalue weighted by molar-refractivity contribution is -0.359. The molecule has 0 aliphatic carbocycles. The molecule has 0 spiro atoms. The zero-order chi connectivity index (χ0) is 50.3. The molecular weight excluding hydrogens is 883 g/mol. The fourth-order valence-corrected chi connectivity index (χ4v) is 8.56. The first kappa shape index (κ1) is 62.8. The van der Waals surface area contributed by atoms with Crippen LogP contribution in [0, 0.1) is 0 Å². The van der Waals surface area contributed by atoms with Crippen LogP contribution in [0.5, 0.6) is 0 Å². The molecule has 2 fully saturated rings. The van der Waals surface area contributed by atoms with Crippen molar-refractivity contribution in [3.8, 4) is 0 Å². The molecule has 1 amide bonds. The van der Waals surface area contributed by atoms with Crippen LogP contribution in [0.2, 0.25) is 0 Å². The minimum absolute atomic E-state index is 0.236. The first-order valence-corrected chi connectivity index (χ1v) is 27.0. The number of nitrogens with one attached hydrogen (secondary N) is 1. The maximum atomic E-state index is 13.2. The second-order valence-corrected chi connectivity index (χ2v) is 19.0. The summed E-state index contributed by atoms with van der Waals surface area (Å²) in [5.74, 6) is -0.280. The highest BCUT2D eigenvalue weighted by molar-refractivity contribution is 5.76. The number of carbonyl (C=O) groups excluding carboxylic acids is 1. The maximum absolute atomic E-state index is 13.2. The predicted octanol–water partition coefficient (Wildman–Crippen LogP) is 7.83. The van der Waals surface area contributed by atoms with E-state index in [0.717, 1.165) is 51.4 Å². The molecule has 14 nitrogen and oxygen atoms in total. The molecule has 2 aliphatic rings. The lowest BCUT2D eigenvalue weighted by Crippen LogP contribution is -2.65. The van der Waals surface area contributed by atoms with Gasteiger partial charge in [0, 0.05) is 6.42 Å². The van der Waals surface area contributed by atoms with Gasteiger partial charge in [-0.1, -0.05) is 177 Å². The number of aliphatic hydroxyl groups is 8. The van der Waals surface area contributed by atoms with Crippen LogP contribution in [0.25, 0.3) is 0 Å². The van der Waals surface area contributed by atoms with E-state index in [1.165, 1.54) is 103 Å². The fraction of sp³-hybridized carbons (Fsp3) is 0.800. The molecule has 0 aromatic heterocycles. The Labute approximate surface area is 416 Å². The molecule has 400 valence electrons. The summed E-state index contributed by atoms with van der Waals surface area (Å²) in [5, 5.41) is 86.8. The molecule has 0 bridgehead atoms. The van der Waals surface area contributed by atoms with Gasteiger partial charge in [0.15, 0.2) is 12.6 Å². The van der Waals surface area contributed by atoms with Gasteiger partial charge in [-0.05, 0) is 64.2 Å². The van der Waals surface area contributed by atoms with Crippen LogP contribution in [0.15, 0.2) is 60.8 Å². The SMILES string of the molecule is CC/C=C\C/C=C\C/C=C\CCCCCC(=O)NC(COC1OC(CO)C(OC2OC(CO)C(O)C(O)C2O)C(O)C1O)C(O)/C=C/CC/C=C/CCCCCCCCCCCCCCCCCC. The lowest BCUT2D eigenvalue weighted by Gasteiger charge is -2.46. The Kier molecular flexibility index (Phi) is 37.5. The standard InChI is InChI=1S/C55H97NO13/c1-3-5-7-9-11-13-15-17-18-19-20-21-22-23-24-25-27-28-30-32-34-36-38-44(59)43(56-47(60)39-37-35-33-31-29-26-16-14-12-10-8-6-4-2)42-66-54-52(65)50(63)53(46(41-58)68-54)69-55-51(64)49(62)48(61)45(40-57)67-55/h6,8,12,14,26,28-30,36,38,43-46,48-55,57-59,61-65H,3-5,7,9-11,13,15-25,27,31-35,37,39-42H2,1-2H3,(H,56,60)/b8-6-,14-12-,29-26-,30-28+,38-36+. The van der Waals surface area contributed by atoms with E-state index in [0.29, 0.717) is 12.8 Å². The Hall–Kier alpha value is -2.31. The van der Waals surface area contributed by atoms with Gasteiger partial charge < -0.3 is 65.1 Å². The van der Waals surface area contributed by atoms with Gasteiger partial charge in [0.1, 0.15) is 48.8 Å². The predicted molar refractivity (Wildman–Crippen MR) is 272 cm³/mol. The van der Waals surface area contributed by atoms with E-state index in [1.807, 2.05) is 6.08 Å². The van der Waals surface area contributed by atoms with Gasteiger partial charge in [-0.25, -0.2) is 0 Å². The van der Waals surface area contributed by atoms with Crippen molar-refractivity contribution >= 4 is 5.91 Å². The van der Waals surface area contributed by atoms with Gasteiger partial charge in [-0.2, -0.15) is 0 Å². The summed E-state index contributed by atoms with van der Waals surface area (Å²) in [7, 11) is 0. The quantitative estimate of drug-likeness (QED) is 0.0211. The number of allylic oxidation sites excluding steroid dienone is 9. The summed E-state index contributed by atoms with van der Waals surface area (Å²) in [6, 6.07) is -0.948. The van der Waals surface area contributed by atoms with E-state index in [-0.39, 0.29) is 18.9 Å². The molecule has 2 rings (SSSR count). The van der Waals surface area contributed by atoms with Gasteiger partial charge in [0.25, 0.3) is 0 Å². The fourth-order valence-electron chi connectivity index (χ4n) is 8.56. The Morgan fingerprint density at radius 1 is 0.536 bits per heavy atom. The minimum Gasteiger partial charge on any atom is -0.394 e. The molecule has 14 heteroatoms. The van der Waals surface area contributed by atoms with Crippen molar-refractivity contribution < 1.29 is 64.6 Å². The molecule has 0 aromatic carbocycles. The Morgan fingerprint density at radius 2 is 1.01 bits per heavy atom. The molecule has 0 saturated carbocycles. The third-order valence-electron chi connectivity index (χ3n) is 12.9. The van der Waals surface area contributed by atoms with Crippen molar-refractivity contribution in [3.05, 3.63) is 60.8 Å². The number of carbonyl (C=O) groups is 1. The molecule has 2 aliphatic heterocycles. The zero-order valence-corrected chi connectivity index (χ0v) is 42.5. The maximum Gasteiger partial charge on any atom is 0.220 e. The van der Waals surface area contributed by atoms with Gasteiger partial charge in [0.2, 0.25) is 5.91 Å². The van der Waals surface area contributed by atoms with Gasteiger partial charge >= 0.3 is 0 Å². The number of unbranched alkanes of at least 4 members (excludes halogenated alkanes) is 20. The van der Waals surface area contributed by atoms with Crippen molar-refractivity contribution in [2.75, 3.05) is 19.8 Å². The van der Waals surface area contributed by atoms with Crippen LogP contribution in [0.4, 0.5) is 0 Å². The van der Waals surface area contributed by atoms with Crippen LogP contribution in [0.1, 0.15) is 187 Å². The van der Waals surface area contributed by atoms with Crippen LogP contribution in [0.3, 0.4) is 0 Å². The van der Waals surface area contributed by atoms with Crippen LogP contribution in [-0.2, 0) is 23.7 Å². The highest BCUT2D eigenvalue weighted by Gasteiger charge is 2.51. The third kappa shape index (κ3) is 27.9. The van der Waals surface area contributed by atoms with Crippen molar-refractivity contribution in [2.24, 2.45) is 0 Å². The van der Waals surface area contributed by atoms with Crippen LogP contribution < -0.4 is 5.32 Å². The minimum atomic E-state index is -1.80. The number of hydrogen-bond acceptors (Lipinski definition) is 13. The largest absolute Gasteiger partial charge is 0.394 e. The molecule has 2 saturated heterocycles. The van der Waals surface area contributed by atoms with E-state index in [2.05, 4.69) is 67.8 Å². The second-order valence-electron chi connectivity index (χ2n) is 19.0. The average Bonchev–Trinajstić information content (AvgIpc) is 3.35. The molecule has 69 heavy (non-hydrogen) atoms. The molecule has 0 aromatic rings. The van der Waals surface area contributed by atoms with Gasteiger partial charge in [-0.15, -0.1) is 0 Å². The molecule has 12 unspecified atom stereocenters. The summed E-state index contributed by atoms with van der Waals surface area (Å²) in [4.78, 5) is 13.2. The van der Waals surface area contributed by atoms with Crippen LogP contribution >= 0.6 is 0 Å². The van der Waals surface area contributed by atoms with Crippen molar-refractivity contribution in [1.29, 1.82) is 0 Å².